The van der Waals surface area contributed by atoms with E-state index in [2.05, 4.69) is 4.98 Å². The topological polar surface area (TPSA) is 50.2 Å². The molecule has 1 aromatic carbocycles. The van der Waals surface area contributed by atoms with Crippen LogP contribution in [0.1, 0.15) is 15.5 Å². The Kier molecular flexibility index (Phi) is 2.94. The maximum atomic E-state index is 10.8. The molecule has 0 aliphatic rings. The minimum Gasteiger partial charge on any atom is -0.476 e. The van der Waals surface area contributed by atoms with Gasteiger partial charge in [-0.15, -0.1) is 11.3 Å². The third kappa shape index (κ3) is 2.08. The number of rotatable bonds is 2. The maximum absolute atomic E-state index is 10.8. The molecular weight excluding hydrogens is 246 g/mol. The summed E-state index contributed by atoms with van der Waals surface area (Å²) in [6, 6.07) is 7.29. The van der Waals surface area contributed by atoms with Gasteiger partial charge in [0, 0.05) is 5.02 Å². The highest BCUT2D eigenvalue weighted by atomic mass is 35.5. The molecule has 0 aliphatic heterocycles. The number of carboxylic acids is 1. The first-order valence-corrected chi connectivity index (χ1v) is 5.74. The van der Waals surface area contributed by atoms with E-state index in [4.69, 9.17) is 16.7 Å². The Balaban J connectivity index is 2.52. The predicted molar refractivity (Wildman–Crippen MR) is 64.3 cm³/mol. The lowest BCUT2D eigenvalue weighted by molar-refractivity contribution is 0.0696. The first-order valence-electron chi connectivity index (χ1n) is 4.54. The lowest BCUT2D eigenvalue weighted by atomic mass is 10.2. The molecule has 1 N–H and O–H groups in total. The molecule has 5 heteroatoms. The number of carbonyl (C=O) groups is 1. The number of aromatic nitrogens is 1. The van der Waals surface area contributed by atoms with Gasteiger partial charge in [0.05, 0.1) is 10.6 Å². The first-order chi connectivity index (χ1) is 7.58. The summed E-state index contributed by atoms with van der Waals surface area (Å²) in [7, 11) is 0. The zero-order valence-electron chi connectivity index (χ0n) is 8.40. The van der Waals surface area contributed by atoms with Gasteiger partial charge in [0.25, 0.3) is 0 Å². The van der Waals surface area contributed by atoms with E-state index >= 15 is 0 Å². The van der Waals surface area contributed by atoms with Gasteiger partial charge in [0.2, 0.25) is 5.01 Å². The third-order valence-electron chi connectivity index (χ3n) is 2.07. The minimum atomic E-state index is -0.999. The predicted octanol–water partition coefficient (Wildman–Crippen LogP) is 3.47. The van der Waals surface area contributed by atoms with E-state index in [1.807, 2.05) is 12.1 Å². The number of nitrogens with zero attached hydrogens (tertiary/aromatic N) is 1. The molecule has 0 fully saturated rings. The zero-order valence-corrected chi connectivity index (χ0v) is 9.97. The normalized spacial score (nSPS) is 10.4. The van der Waals surface area contributed by atoms with Crippen molar-refractivity contribution in [3.63, 3.8) is 0 Å². The molecule has 1 aromatic heterocycles. The summed E-state index contributed by atoms with van der Waals surface area (Å²) in [6.07, 6.45) is 0. The molecule has 1 heterocycles. The fraction of sp³-hybridized carbons (Fsp3) is 0.0909. The van der Waals surface area contributed by atoms with Crippen LogP contribution in [0.2, 0.25) is 5.02 Å². The van der Waals surface area contributed by atoms with Crippen LogP contribution in [0, 0.1) is 6.92 Å². The highest BCUT2D eigenvalue weighted by Crippen LogP contribution is 2.31. The number of aryl methyl sites for hydroxylation is 1. The number of aromatic carboxylic acids is 1. The van der Waals surface area contributed by atoms with Crippen molar-refractivity contribution < 1.29 is 9.90 Å². The number of carboxylic acid groups (broad SMARTS) is 1. The smallest absolute Gasteiger partial charge is 0.365 e. The standard InChI is InChI=1S/C11H8ClNO2S/c1-6-9(16-10(13-6)11(14)15)7-3-2-4-8(12)5-7/h2-5H,1H3,(H,14,15). The molecule has 0 unspecified atom stereocenters. The van der Waals surface area contributed by atoms with E-state index in [-0.39, 0.29) is 5.01 Å². The number of thiazole rings is 1. The zero-order chi connectivity index (χ0) is 11.7. The first kappa shape index (κ1) is 11.1. The average Bonchev–Trinajstić information content (AvgIpc) is 2.60. The van der Waals surface area contributed by atoms with Gasteiger partial charge in [-0.3, -0.25) is 0 Å². The van der Waals surface area contributed by atoms with E-state index in [9.17, 15) is 4.79 Å². The second-order valence-corrected chi connectivity index (χ2v) is 4.68. The van der Waals surface area contributed by atoms with Crippen LogP contribution in [-0.4, -0.2) is 16.1 Å². The summed E-state index contributed by atoms with van der Waals surface area (Å²) in [4.78, 5) is 15.6. The van der Waals surface area contributed by atoms with Gasteiger partial charge in [-0.1, -0.05) is 23.7 Å². The third-order valence-corrected chi connectivity index (χ3v) is 3.50. The van der Waals surface area contributed by atoms with Crippen LogP contribution >= 0.6 is 22.9 Å². The highest BCUT2D eigenvalue weighted by Gasteiger charge is 2.14. The Bertz CT molecular complexity index is 551. The molecule has 0 aliphatic carbocycles. The lowest BCUT2D eigenvalue weighted by Gasteiger charge is -1.98. The molecule has 0 atom stereocenters. The van der Waals surface area contributed by atoms with E-state index < -0.39 is 5.97 Å². The largest absolute Gasteiger partial charge is 0.476 e. The van der Waals surface area contributed by atoms with Crippen LogP contribution in [0.3, 0.4) is 0 Å². The van der Waals surface area contributed by atoms with E-state index in [0.717, 1.165) is 21.8 Å². The molecular formula is C11H8ClNO2S. The number of benzene rings is 1. The van der Waals surface area contributed by atoms with Crippen molar-refractivity contribution in [1.29, 1.82) is 0 Å². The summed E-state index contributed by atoms with van der Waals surface area (Å²) in [5, 5.41) is 9.58. The summed E-state index contributed by atoms with van der Waals surface area (Å²) >= 11 is 7.04. The van der Waals surface area contributed by atoms with Gasteiger partial charge in [0.15, 0.2) is 0 Å². The van der Waals surface area contributed by atoms with Crippen molar-refractivity contribution in [1.82, 2.24) is 4.98 Å². The Morgan fingerprint density at radius 1 is 1.50 bits per heavy atom. The van der Waals surface area contributed by atoms with Crippen LogP contribution in [0.4, 0.5) is 0 Å². The van der Waals surface area contributed by atoms with Crippen molar-refractivity contribution in [3.05, 3.63) is 40.0 Å². The highest BCUT2D eigenvalue weighted by molar-refractivity contribution is 7.17. The fourth-order valence-electron chi connectivity index (χ4n) is 1.39. The van der Waals surface area contributed by atoms with Crippen LogP contribution in [-0.2, 0) is 0 Å². The molecule has 16 heavy (non-hydrogen) atoms. The Hall–Kier alpha value is -1.39. The maximum Gasteiger partial charge on any atom is 0.365 e. The quantitative estimate of drug-likeness (QED) is 0.892. The molecule has 0 saturated heterocycles. The van der Waals surface area contributed by atoms with Crippen LogP contribution in [0.5, 0.6) is 0 Å². The minimum absolute atomic E-state index is 0.104. The Labute approximate surface area is 101 Å². The monoisotopic (exact) mass is 253 g/mol. The van der Waals surface area contributed by atoms with Crippen LogP contribution in [0.15, 0.2) is 24.3 Å². The molecule has 0 amide bonds. The van der Waals surface area contributed by atoms with Gasteiger partial charge < -0.3 is 5.11 Å². The summed E-state index contributed by atoms with van der Waals surface area (Å²) in [5.41, 5.74) is 1.61. The SMILES string of the molecule is Cc1nc(C(=O)O)sc1-c1cccc(Cl)c1. The van der Waals surface area contributed by atoms with Crippen molar-refractivity contribution in [2.45, 2.75) is 6.92 Å². The van der Waals surface area contributed by atoms with Crippen LogP contribution in [0.25, 0.3) is 10.4 Å². The lowest BCUT2D eigenvalue weighted by Crippen LogP contribution is -1.93. The van der Waals surface area contributed by atoms with E-state index in [1.54, 1.807) is 19.1 Å². The van der Waals surface area contributed by atoms with Crippen molar-refractivity contribution in [2.24, 2.45) is 0 Å². The van der Waals surface area contributed by atoms with Crippen molar-refractivity contribution >= 4 is 28.9 Å². The van der Waals surface area contributed by atoms with Crippen molar-refractivity contribution in [3.8, 4) is 10.4 Å². The second-order valence-electron chi connectivity index (χ2n) is 3.25. The molecule has 3 nitrogen and oxygen atoms in total. The summed E-state index contributed by atoms with van der Waals surface area (Å²) in [6.45, 7) is 1.79. The van der Waals surface area contributed by atoms with Crippen LogP contribution < -0.4 is 0 Å². The van der Waals surface area contributed by atoms with E-state index in [1.165, 1.54) is 0 Å². The fourth-order valence-corrected chi connectivity index (χ4v) is 2.48. The van der Waals surface area contributed by atoms with E-state index in [0.29, 0.717) is 10.7 Å². The van der Waals surface area contributed by atoms with Gasteiger partial charge in [-0.05, 0) is 24.6 Å². The van der Waals surface area contributed by atoms with Gasteiger partial charge in [0.1, 0.15) is 0 Å². The molecule has 0 spiro atoms. The molecule has 2 aromatic rings. The Morgan fingerprint density at radius 2 is 2.25 bits per heavy atom. The number of hydrogen-bond acceptors (Lipinski definition) is 3. The second kappa shape index (κ2) is 4.23. The average molecular weight is 254 g/mol. The molecule has 82 valence electrons. The van der Waals surface area contributed by atoms with Gasteiger partial charge in [-0.2, -0.15) is 0 Å². The van der Waals surface area contributed by atoms with Gasteiger partial charge in [-0.25, -0.2) is 9.78 Å². The molecule has 2 rings (SSSR count). The molecule has 0 radical (unpaired) electrons. The molecule has 0 saturated carbocycles. The van der Waals surface area contributed by atoms with Gasteiger partial charge >= 0.3 is 5.97 Å². The summed E-state index contributed by atoms with van der Waals surface area (Å²) in [5.74, 6) is -0.999. The van der Waals surface area contributed by atoms with Crippen molar-refractivity contribution in [2.75, 3.05) is 0 Å². The molecule has 0 bridgehead atoms. The number of halogens is 1. The summed E-state index contributed by atoms with van der Waals surface area (Å²) < 4.78 is 0. The Morgan fingerprint density at radius 3 is 2.81 bits per heavy atom. The number of hydrogen-bond donors (Lipinski definition) is 1.